The van der Waals surface area contributed by atoms with Gasteiger partial charge < -0.3 is 10.2 Å². The van der Waals surface area contributed by atoms with Crippen molar-refractivity contribution < 1.29 is 0 Å². The maximum Gasteiger partial charge on any atom is 0.0446 e. The van der Waals surface area contributed by atoms with Crippen LogP contribution in [0.15, 0.2) is 54.6 Å². The molecule has 0 amide bonds. The zero-order valence-electron chi connectivity index (χ0n) is 12.0. The predicted octanol–water partition coefficient (Wildman–Crippen LogP) is 3.54. The smallest absolute Gasteiger partial charge is 0.0446 e. The second-order valence-corrected chi connectivity index (χ2v) is 5.39. The van der Waals surface area contributed by atoms with E-state index >= 15 is 0 Å². The summed E-state index contributed by atoms with van der Waals surface area (Å²) < 4.78 is 0. The van der Waals surface area contributed by atoms with E-state index in [2.05, 4.69) is 71.7 Å². The van der Waals surface area contributed by atoms with Crippen molar-refractivity contribution in [2.24, 2.45) is 0 Å². The van der Waals surface area contributed by atoms with Gasteiger partial charge in [-0.05, 0) is 18.1 Å². The van der Waals surface area contributed by atoms with Crippen molar-refractivity contribution in [3.05, 3.63) is 54.6 Å². The Bertz CT molecular complexity index is 550. The molecule has 1 N–H and O–H groups in total. The van der Waals surface area contributed by atoms with E-state index in [1.54, 1.807) is 0 Å². The van der Waals surface area contributed by atoms with E-state index < -0.39 is 0 Å². The number of rotatable bonds is 3. The molecule has 0 aromatic heterocycles. The van der Waals surface area contributed by atoms with E-state index in [0.29, 0.717) is 6.04 Å². The third-order valence-electron chi connectivity index (χ3n) is 4.08. The van der Waals surface area contributed by atoms with Crippen LogP contribution >= 0.6 is 0 Å². The molecule has 2 aromatic carbocycles. The Labute approximate surface area is 121 Å². The van der Waals surface area contributed by atoms with Crippen LogP contribution in [0.25, 0.3) is 11.1 Å². The normalized spacial score (nSPS) is 19.1. The molecule has 1 unspecified atom stereocenters. The fourth-order valence-electron chi connectivity index (χ4n) is 2.93. The van der Waals surface area contributed by atoms with Crippen LogP contribution in [-0.4, -0.2) is 25.7 Å². The first-order valence-corrected chi connectivity index (χ1v) is 7.51. The summed E-state index contributed by atoms with van der Waals surface area (Å²) >= 11 is 0. The summed E-state index contributed by atoms with van der Waals surface area (Å²) in [5, 5.41) is 3.59. The van der Waals surface area contributed by atoms with E-state index in [9.17, 15) is 0 Å². The summed E-state index contributed by atoms with van der Waals surface area (Å²) in [6.45, 7) is 5.51. The summed E-state index contributed by atoms with van der Waals surface area (Å²) in [5.74, 6) is 0. The third-order valence-corrected chi connectivity index (χ3v) is 4.08. The topological polar surface area (TPSA) is 15.3 Å². The summed E-state index contributed by atoms with van der Waals surface area (Å²) in [6, 6.07) is 20.0. The highest BCUT2D eigenvalue weighted by Gasteiger charge is 2.20. The molecule has 2 heteroatoms. The van der Waals surface area contributed by atoms with Gasteiger partial charge in [0.05, 0.1) is 0 Å². The molecule has 1 saturated heterocycles. The molecule has 1 atom stereocenters. The maximum absolute atomic E-state index is 3.59. The zero-order valence-corrected chi connectivity index (χ0v) is 12.0. The average Bonchev–Trinajstić information content (AvgIpc) is 2.56. The molecule has 20 heavy (non-hydrogen) atoms. The molecule has 2 aromatic rings. The van der Waals surface area contributed by atoms with Crippen molar-refractivity contribution in [2.45, 2.75) is 19.4 Å². The maximum atomic E-state index is 3.59. The highest BCUT2D eigenvalue weighted by Crippen LogP contribution is 2.31. The van der Waals surface area contributed by atoms with E-state index in [1.165, 1.54) is 23.2 Å². The van der Waals surface area contributed by atoms with Crippen LogP contribution in [0.2, 0.25) is 0 Å². The number of hydrogen-bond donors (Lipinski definition) is 1. The molecule has 3 rings (SSSR count). The minimum absolute atomic E-state index is 0.604. The molecule has 0 aliphatic carbocycles. The number of para-hydroxylation sites is 1. The highest BCUT2D eigenvalue weighted by molar-refractivity contribution is 5.78. The van der Waals surface area contributed by atoms with Crippen molar-refractivity contribution in [3.8, 4) is 11.1 Å². The molecule has 0 radical (unpaired) electrons. The third kappa shape index (κ3) is 2.70. The molecule has 2 nitrogen and oxygen atoms in total. The van der Waals surface area contributed by atoms with Gasteiger partial charge in [0.2, 0.25) is 0 Å². The van der Waals surface area contributed by atoms with Crippen LogP contribution < -0.4 is 10.2 Å². The Balaban J connectivity index is 1.94. The quantitative estimate of drug-likeness (QED) is 0.914. The second kappa shape index (κ2) is 6.10. The summed E-state index contributed by atoms with van der Waals surface area (Å²) in [7, 11) is 0. The SMILES string of the molecule is CCC1CN(c2ccccc2-c2ccccc2)CCN1. The van der Waals surface area contributed by atoms with Gasteiger partial charge in [-0.1, -0.05) is 55.5 Å². The molecule has 1 heterocycles. The molecule has 1 fully saturated rings. The molecule has 104 valence electrons. The van der Waals surface area contributed by atoms with Gasteiger partial charge in [0.1, 0.15) is 0 Å². The van der Waals surface area contributed by atoms with Crippen LogP contribution in [0.1, 0.15) is 13.3 Å². The van der Waals surface area contributed by atoms with Crippen LogP contribution in [-0.2, 0) is 0 Å². The van der Waals surface area contributed by atoms with Gasteiger partial charge in [0.15, 0.2) is 0 Å². The molecule has 1 aliphatic rings. The average molecular weight is 266 g/mol. The minimum atomic E-state index is 0.604. The van der Waals surface area contributed by atoms with E-state index in [-0.39, 0.29) is 0 Å². The predicted molar refractivity (Wildman–Crippen MR) is 86.2 cm³/mol. The highest BCUT2D eigenvalue weighted by atomic mass is 15.2. The molecular weight excluding hydrogens is 244 g/mol. The van der Waals surface area contributed by atoms with Gasteiger partial charge in [0, 0.05) is 36.9 Å². The number of nitrogens with zero attached hydrogens (tertiary/aromatic N) is 1. The first kappa shape index (κ1) is 13.2. The van der Waals surface area contributed by atoms with Crippen LogP contribution in [0, 0.1) is 0 Å². The van der Waals surface area contributed by atoms with Crippen molar-refractivity contribution in [1.29, 1.82) is 0 Å². The van der Waals surface area contributed by atoms with E-state index in [0.717, 1.165) is 19.6 Å². The Morgan fingerprint density at radius 1 is 1.05 bits per heavy atom. The second-order valence-electron chi connectivity index (χ2n) is 5.39. The van der Waals surface area contributed by atoms with Crippen LogP contribution in [0.4, 0.5) is 5.69 Å². The van der Waals surface area contributed by atoms with Gasteiger partial charge >= 0.3 is 0 Å². The zero-order chi connectivity index (χ0) is 13.8. The van der Waals surface area contributed by atoms with Gasteiger partial charge in [-0.15, -0.1) is 0 Å². The van der Waals surface area contributed by atoms with Gasteiger partial charge in [-0.3, -0.25) is 0 Å². The first-order valence-electron chi connectivity index (χ1n) is 7.51. The molecule has 1 aliphatic heterocycles. The number of anilines is 1. The Kier molecular flexibility index (Phi) is 4.03. The van der Waals surface area contributed by atoms with E-state index in [1.807, 2.05) is 0 Å². The van der Waals surface area contributed by atoms with Crippen LogP contribution in [0.3, 0.4) is 0 Å². The van der Waals surface area contributed by atoms with Gasteiger partial charge in [0.25, 0.3) is 0 Å². The minimum Gasteiger partial charge on any atom is -0.368 e. The summed E-state index contributed by atoms with van der Waals surface area (Å²) in [4.78, 5) is 2.52. The molecule has 0 saturated carbocycles. The Morgan fingerprint density at radius 2 is 1.80 bits per heavy atom. The van der Waals surface area contributed by atoms with Crippen molar-refractivity contribution >= 4 is 5.69 Å². The van der Waals surface area contributed by atoms with Gasteiger partial charge in [-0.2, -0.15) is 0 Å². The fourth-order valence-corrected chi connectivity index (χ4v) is 2.93. The van der Waals surface area contributed by atoms with E-state index in [4.69, 9.17) is 0 Å². The fraction of sp³-hybridized carbons (Fsp3) is 0.333. The lowest BCUT2D eigenvalue weighted by Gasteiger charge is -2.36. The Hall–Kier alpha value is -1.80. The number of benzene rings is 2. The number of piperazine rings is 1. The molecule has 0 spiro atoms. The summed E-state index contributed by atoms with van der Waals surface area (Å²) in [6.07, 6.45) is 1.18. The lowest BCUT2D eigenvalue weighted by molar-refractivity contribution is 0.447. The largest absolute Gasteiger partial charge is 0.368 e. The number of hydrogen-bond acceptors (Lipinski definition) is 2. The lowest BCUT2D eigenvalue weighted by Crippen LogP contribution is -2.50. The molecular formula is C18H22N2. The van der Waals surface area contributed by atoms with Gasteiger partial charge in [-0.25, -0.2) is 0 Å². The van der Waals surface area contributed by atoms with Crippen LogP contribution in [0.5, 0.6) is 0 Å². The lowest BCUT2D eigenvalue weighted by atomic mass is 10.0. The first-order chi connectivity index (χ1) is 9.88. The summed E-state index contributed by atoms with van der Waals surface area (Å²) in [5.41, 5.74) is 4.00. The van der Waals surface area contributed by atoms with Crippen molar-refractivity contribution in [1.82, 2.24) is 5.32 Å². The standard InChI is InChI=1S/C18H22N2/c1-2-16-14-20(13-12-19-16)18-11-7-6-10-17(18)15-8-4-3-5-9-15/h3-11,16,19H,2,12-14H2,1H3. The number of nitrogens with one attached hydrogen (secondary N) is 1. The monoisotopic (exact) mass is 266 g/mol. The Morgan fingerprint density at radius 3 is 2.60 bits per heavy atom. The van der Waals surface area contributed by atoms with Crippen molar-refractivity contribution in [2.75, 3.05) is 24.5 Å². The molecule has 0 bridgehead atoms. The van der Waals surface area contributed by atoms with Crippen molar-refractivity contribution in [3.63, 3.8) is 0 Å².